The number of para-hydroxylation sites is 2. The lowest BCUT2D eigenvalue weighted by Gasteiger charge is -2.07. The van der Waals surface area contributed by atoms with Gasteiger partial charge in [0.15, 0.2) is 12.2 Å². The molecule has 1 heterocycles. The minimum atomic E-state index is -0.729. The number of rotatable bonds is 7. The highest BCUT2D eigenvalue weighted by Gasteiger charge is 2.13. The summed E-state index contributed by atoms with van der Waals surface area (Å²) in [5, 5.41) is 4.49. The van der Waals surface area contributed by atoms with Crippen LogP contribution in [0.1, 0.15) is 19.8 Å². The van der Waals surface area contributed by atoms with Gasteiger partial charge in [-0.2, -0.15) is 0 Å². The Labute approximate surface area is 142 Å². The quantitative estimate of drug-likeness (QED) is 0.712. The van der Waals surface area contributed by atoms with Gasteiger partial charge in [0, 0.05) is 13.1 Å². The Balaban J connectivity index is 1.79. The van der Waals surface area contributed by atoms with E-state index in [-0.39, 0.29) is 13.0 Å². The molecule has 0 saturated heterocycles. The Morgan fingerprint density at radius 1 is 1.24 bits per heavy atom. The Morgan fingerprint density at radius 2 is 2.00 bits per heavy atom. The summed E-state index contributed by atoms with van der Waals surface area (Å²) < 4.78 is 11.1. The summed E-state index contributed by atoms with van der Waals surface area (Å²) in [6, 6.07) is 6.20. The predicted octanol–water partition coefficient (Wildman–Crippen LogP) is 0.764. The van der Waals surface area contributed by atoms with E-state index in [1.165, 1.54) is 4.57 Å². The number of oxazole rings is 1. The number of hydrogen-bond acceptors (Lipinski definition) is 6. The van der Waals surface area contributed by atoms with Gasteiger partial charge in [0.2, 0.25) is 0 Å². The molecular formula is C16H19N3O6. The van der Waals surface area contributed by atoms with Gasteiger partial charge in [-0.25, -0.2) is 9.59 Å². The van der Waals surface area contributed by atoms with Gasteiger partial charge in [0.25, 0.3) is 5.91 Å². The van der Waals surface area contributed by atoms with Crippen molar-refractivity contribution in [2.45, 2.75) is 26.3 Å². The molecular weight excluding hydrogens is 330 g/mol. The molecule has 9 nitrogen and oxygen atoms in total. The molecule has 2 N–H and O–H groups in total. The average Bonchev–Trinajstić information content (AvgIpc) is 2.91. The van der Waals surface area contributed by atoms with Crippen molar-refractivity contribution in [3.05, 3.63) is 34.8 Å². The van der Waals surface area contributed by atoms with E-state index in [2.05, 4.69) is 5.32 Å². The second-order valence-electron chi connectivity index (χ2n) is 5.20. The Morgan fingerprint density at radius 3 is 2.76 bits per heavy atom. The molecule has 0 aliphatic rings. The zero-order valence-electron chi connectivity index (χ0n) is 13.7. The van der Waals surface area contributed by atoms with Crippen molar-refractivity contribution in [2.24, 2.45) is 0 Å². The Kier molecular flexibility index (Phi) is 6.33. The number of fused-ring (bicyclic) bond motifs is 1. The van der Waals surface area contributed by atoms with Crippen LogP contribution in [0.15, 0.2) is 33.5 Å². The number of ether oxygens (including phenoxy) is 1. The highest BCUT2D eigenvalue weighted by atomic mass is 16.5. The van der Waals surface area contributed by atoms with Crippen LogP contribution >= 0.6 is 0 Å². The smallest absolute Gasteiger partial charge is 0.419 e. The first-order chi connectivity index (χ1) is 12.0. The van der Waals surface area contributed by atoms with Crippen molar-refractivity contribution in [2.75, 3.05) is 13.2 Å². The van der Waals surface area contributed by atoms with Crippen molar-refractivity contribution < 1.29 is 23.5 Å². The third kappa shape index (κ3) is 5.20. The Hall–Kier alpha value is -3.10. The normalized spacial score (nSPS) is 10.4. The number of amides is 3. The van der Waals surface area contributed by atoms with Gasteiger partial charge >= 0.3 is 17.8 Å². The van der Waals surface area contributed by atoms with Crippen LogP contribution in [0.2, 0.25) is 0 Å². The number of nitrogens with zero attached hydrogens (tertiary/aromatic N) is 1. The summed E-state index contributed by atoms with van der Waals surface area (Å²) in [6.07, 6.45) is 0.622. The molecule has 134 valence electrons. The number of aromatic nitrogens is 1. The van der Waals surface area contributed by atoms with Crippen molar-refractivity contribution in [1.82, 2.24) is 15.2 Å². The first kappa shape index (κ1) is 18.2. The number of benzene rings is 1. The van der Waals surface area contributed by atoms with Crippen LogP contribution in [-0.2, 0) is 20.9 Å². The Bertz CT molecular complexity index is 823. The number of urea groups is 1. The summed E-state index contributed by atoms with van der Waals surface area (Å²) in [5.74, 6) is -1.96. The fourth-order valence-electron chi connectivity index (χ4n) is 2.09. The van der Waals surface area contributed by atoms with Gasteiger partial charge in [-0.3, -0.25) is 19.5 Å². The molecule has 0 spiro atoms. The molecule has 2 rings (SSSR count). The topological polar surface area (TPSA) is 120 Å². The first-order valence-electron chi connectivity index (χ1n) is 7.83. The first-order valence-corrected chi connectivity index (χ1v) is 7.83. The highest BCUT2D eigenvalue weighted by Crippen LogP contribution is 2.12. The molecule has 0 atom stereocenters. The standard InChI is InChI=1S/C16H19N3O6/c1-2-8-17-15(22)18-13(20)10-24-14(21)7-9-19-11-5-3-4-6-12(11)25-16(19)23/h3-6H,2,7-10H2,1H3,(H2,17,18,20,22). The number of nitrogens with one attached hydrogen (secondary N) is 2. The zero-order chi connectivity index (χ0) is 18.2. The van der Waals surface area contributed by atoms with Crippen LogP contribution in [-0.4, -0.2) is 35.6 Å². The molecule has 2 aromatic rings. The minimum Gasteiger partial charge on any atom is -0.456 e. The van der Waals surface area contributed by atoms with Gasteiger partial charge in [0.1, 0.15) is 0 Å². The van der Waals surface area contributed by atoms with Gasteiger partial charge in [0.05, 0.1) is 11.9 Å². The molecule has 25 heavy (non-hydrogen) atoms. The fourth-order valence-corrected chi connectivity index (χ4v) is 2.09. The summed E-state index contributed by atoms with van der Waals surface area (Å²) in [7, 11) is 0. The van der Waals surface area contributed by atoms with E-state index in [1.807, 2.05) is 12.2 Å². The van der Waals surface area contributed by atoms with E-state index < -0.39 is 30.3 Å². The summed E-state index contributed by atoms with van der Waals surface area (Å²) >= 11 is 0. The minimum absolute atomic E-state index is 0.0628. The third-order valence-corrected chi connectivity index (χ3v) is 3.27. The van der Waals surface area contributed by atoms with E-state index in [0.29, 0.717) is 17.6 Å². The highest BCUT2D eigenvalue weighted by molar-refractivity contribution is 5.95. The molecule has 0 radical (unpaired) electrons. The molecule has 0 unspecified atom stereocenters. The van der Waals surface area contributed by atoms with Crippen LogP contribution < -0.4 is 16.4 Å². The van der Waals surface area contributed by atoms with Gasteiger partial charge in [-0.05, 0) is 18.6 Å². The van der Waals surface area contributed by atoms with Crippen LogP contribution in [0.5, 0.6) is 0 Å². The maximum Gasteiger partial charge on any atom is 0.419 e. The monoisotopic (exact) mass is 349 g/mol. The van der Waals surface area contributed by atoms with E-state index in [1.54, 1.807) is 24.3 Å². The average molecular weight is 349 g/mol. The van der Waals surface area contributed by atoms with E-state index in [4.69, 9.17) is 9.15 Å². The largest absolute Gasteiger partial charge is 0.456 e. The summed E-state index contributed by atoms with van der Waals surface area (Å²) in [4.78, 5) is 46.2. The van der Waals surface area contributed by atoms with Crippen molar-refractivity contribution in [3.8, 4) is 0 Å². The number of esters is 1. The van der Waals surface area contributed by atoms with Crippen LogP contribution in [0.4, 0.5) is 4.79 Å². The zero-order valence-corrected chi connectivity index (χ0v) is 13.7. The van der Waals surface area contributed by atoms with Crippen molar-refractivity contribution in [3.63, 3.8) is 0 Å². The molecule has 0 saturated carbocycles. The molecule has 9 heteroatoms. The van der Waals surface area contributed by atoms with Crippen LogP contribution in [0.3, 0.4) is 0 Å². The van der Waals surface area contributed by atoms with Crippen molar-refractivity contribution in [1.29, 1.82) is 0 Å². The lowest BCUT2D eigenvalue weighted by molar-refractivity contribution is -0.148. The number of imide groups is 1. The SMILES string of the molecule is CCCNC(=O)NC(=O)COC(=O)CCn1c(=O)oc2ccccc21. The summed E-state index contributed by atoms with van der Waals surface area (Å²) in [5.41, 5.74) is 1.00. The van der Waals surface area contributed by atoms with E-state index in [0.717, 1.165) is 6.42 Å². The maximum atomic E-state index is 11.8. The van der Waals surface area contributed by atoms with E-state index >= 15 is 0 Å². The van der Waals surface area contributed by atoms with Crippen LogP contribution in [0, 0.1) is 0 Å². The number of hydrogen-bond donors (Lipinski definition) is 2. The number of carbonyl (C=O) groups excluding carboxylic acids is 3. The van der Waals surface area contributed by atoms with Crippen molar-refractivity contribution >= 4 is 29.0 Å². The van der Waals surface area contributed by atoms with Gasteiger partial charge < -0.3 is 14.5 Å². The number of carbonyl (C=O) groups is 3. The molecule has 1 aromatic heterocycles. The lowest BCUT2D eigenvalue weighted by Crippen LogP contribution is -2.41. The second-order valence-corrected chi connectivity index (χ2v) is 5.20. The van der Waals surface area contributed by atoms with Crippen LogP contribution in [0.25, 0.3) is 11.1 Å². The number of aryl methyl sites for hydroxylation is 1. The molecule has 0 fully saturated rings. The van der Waals surface area contributed by atoms with Gasteiger partial charge in [-0.15, -0.1) is 0 Å². The second kappa shape index (κ2) is 8.67. The summed E-state index contributed by atoms with van der Waals surface area (Å²) in [6.45, 7) is 1.80. The predicted molar refractivity (Wildman–Crippen MR) is 87.9 cm³/mol. The molecule has 3 amide bonds. The molecule has 0 aliphatic heterocycles. The fraction of sp³-hybridized carbons (Fsp3) is 0.375. The lowest BCUT2D eigenvalue weighted by atomic mass is 10.3. The maximum absolute atomic E-state index is 11.8. The molecule has 1 aromatic carbocycles. The van der Waals surface area contributed by atoms with E-state index in [9.17, 15) is 19.2 Å². The molecule has 0 aliphatic carbocycles. The van der Waals surface area contributed by atoms with Gasteiger partial charge in [-0.1, -0.05) is 19.1 Å². The molecule has 0 bridgehead atoms. The third-order valence-electron chi connectivity index (χ3n) is 3.27.